The largest absolute Gasteiger partial charge is 0.472 e. The molecule has 2 aromatic rings. The molecular formula is C20H25NO4S. The Kier molecular flexibility index (Phi) is 7.33. The fourth-order valence-electron chi connectivity index (χ4n) is 2.29. The summed E-state index contributed by atoms with van der Waals surface area (Å²) in [6.07, 6.45) is 3.13. The second-order valence-electron chi connectivity index (χ2n) is 6.98. The number of furan rings is 1. The maximum Gasteiger partial charge on any atom is 0.408 e. The van der Waals surface area contributed by atoms with Crippen LogP contribution in [0.1, 0.15) is 31.9 Å². The van der Waals surface area contributed by atoms with E-state index in [1.165, 1.54) is 11.8 Å². The lowest BCUT2D eigenvalue weighted by Crippen LogP contribution is -2.45. The van der Waals surface area contributed by atoms with Gasteiger partial charge in [0.2, 0.25) is 0 Å². The van der Waals surface area contributed by atoms with E-state index in [1.54, 1.807) is 33.3 Å². The first kappa shape index (κ1) is 20.1. The van der Waals surface area contributed by atoms with Gasteiger partial charge in [-0.1, -0.05) is 30.3 Å². The van der Waals surface area contributed by atoms with Crippen LogP contribution in [-0.4, -0.2) is 29.3 Å². The van der Waals surface area contributed by atoms with Crippen LogP contribution in [0.25, 0.3) is 0 Å². The maximum absolute atomic E-state index is 12.7. The monoisotopic (exact) mass is 375 g/mol. The average Bonchev–Trinajstić information content (AvgIpc) is 3.06. The molecule has 6 heteroatoms. The molecule has 0 aliphatic rings. The molecule has 0 spiro atoms. The summed E-state index contributed by atoms with van der Waals surface area (Å²) in [5, 5.41) is 2.72. The van der Waals surface area contributed by atoms with E-state index >= 15 is 0 Å². The van der Waals surface area contributed by atoms with Crippen molar-refractivity contribution in [3.8, 4) is 0 Å². The number of hydrogen-bond acceptors (Lipinski definition) is 5. The molecule has 1 aromatic heterocycles. The van der Waals surface area contributed by atoms with Crippen molar-refractivity contribution in [2.45, 2.75) is 44.6 Å². The van der Waals surface area contributed by atoms with Crippen LogP contribution in [0, 0.1) is 0 Å². The third kappa shape index (κ3) is 7.35. The molecule has 1 heterocycles. The van der Waals surface area contributed by atoms with Gasteiger partial charge >= 0.3 is 6.09 Å². The zero-order valence-corrected chi connectivity index (χ0v) is 16.2. The molecule has 140 valence electrons. The summed E-state index contributed by atoms with van der Waals surface area (Å²) in [6.45, 7) is 5.38. The van der Waals surface area contributed by atoms with Crippen molar-refractivity contribution in [3.05, 3.63) is 60.1 Å². The Hall–Kier alpha value is -2.21. The highest BCUT2D eigenvalue weighted by atomic mass is 32.2. The number of ketones is 1. The van der Waals surface area contributed by atoms with Crippen molar-refractivity contribution in [1.29, 1.82) is 0 Å². The van der Waals surface area contributed by atoms with Gasteiger partial charge in [-0.25, -0.2) is 4.79 Å². The van der Waals surface area contributed by atoms with Gasteiger partial charge in [0, 0.05) is 11.3 Å². The van der Waals surface area contributed by atoms with Crippen molar-refractivity contribution in [2.24, 2.45) is 0 Å². The van der Waals surface area contributed by atoms with Gasteiger partial charge < -0.3 is 14.5 Å². The number of benzene rings is 1. The first-order valence-electron chi connectivity index (χ1n) is 8.48. The molecular weight excluding hydrogens is 350 g/mol. The number of rotatable bonds is 8. The molecule has 1 N–H and O–H groups in total. The molecule has 0 fully saturated rings. The molecule has 5 nitrogen and oxygen atoms in total. The molecule has 0 bridgehead atoms. The van der Waals surface area contributed by atoms with Crippen molar-refractivity contribution in [1.82, 2.24) is 5.32 Å². The van der Waals surface area contributed by atoms with Crippen molar-refractivity contribution >= 4 is 23.6 Å². The summed E-state index contributed by atoms with van der Waals surface area (Å²) in [7, 11) is 0. The Labute approximate surface area is 158 Å². The van der Waals surface area contributed by atoms with E-state index < -0.39 is 17.7 Å². The molecule has 1 amide bonds. The summed E-state index contributed by atoms with van der Waals surface area (Å²) in [4.78, 5) is 24.8. The Morgan fingerprint density at radius 2 is 1.88 bits per heavy atom. The lowest BCUT2D eigenvalue weighted by Gasteiger charge is -2.23. The summed E-state index contributed by atoms with van der Waals surface area (Å²) in [6, 6.07) is 10.9. The summed E-state index contributed by atoms with van der Waals surface area (Å²) in [5.41, 5.74) is 1.41. The van der Waals surface area contributed by atoms with Crippen molar-refractivity contribution < 1.29 is 18.7 Å². The standard InChI is InChI=1S/C20H25NO4S/c1-20(2,3)25-19(23)21-17(11-15-7-5-4-6-8-15)18(22)14-26-13-16-9-10-24-12-16/h4-10,12,17H,11,13-14H2,1-3H3,(H,21,23). The molecule has 0 saturated carbocycles. The molecule has 1 aromatic carbocycles. The van der Waals surface area contributed by atoms with Crippen LogP contribution in [-0.2, 0) is 21.7 Å². The molecule has 0 aliphatic heterocycles. The first-order valence-corrected chi connectivity index (χ1v) is 9.64. The Morgan fingerprint density at radius 3 is 2.50 bits per heavy atom. The number of nitrogens with one attached hydrogen (secondary N) is 1. The topological polar surface area (TPSA) is 68.5 Å². The summed E-state index contributed by atoms with van der Waals surface area (Å²) >= 11 is 1.50. The van der Waals surface area contributed by atoms with Gasteiger partial charge in [0.15, 0.2) is 5.78 Å². The molecule has 1 unspecified atom stereocenters. The number of amides is 1. The lowest BCUT2D eigenvalue weighted by molar-refractivity contribution is -0.118. The first-order chi connectivity index (χ1) is 12.3. The SMILES string of the molecule is CC(C)(C)OC(=O)NC(Cc1ccccc1)C(=O)CSCc1ccoc1. The van der Waals surface area contributed by atoms with E-state index in [0.29, 0.717) is 17.9 Å². The fraction of sp³-hybridized carbons (Fsp3) is 0.400. The second-order valence-corrected chi connectivity index (χ2v) is 7.96. The smallest absolute Gasteiger partial charge is 0.408 e. The highest BCUT2D eigenvalue weighted by Crippen LogP contribution is 2.15. The Bertz CT molecular complexity index is 692. The molecule has 0 radical (unpaired) electrons. The van der Waals surface area contributed by atoms with E-state index in [1.807, 2.05) is 36.4 Å². The highest BCUT2D eigenvalue weighted by molar-refractivity contribution is 7.99. The lowest BCUT2D eigenvalue weighted by atomic mass is 10.0. The molecule has 1 atom stereocenters. The average molecular weight is 375 g/mol. The molecule has 0 saturated heterocycles. The minimum Gasteiger partial charge on any atom is -0.472 e. The number of Topliss-reactive ketones (excluding diaryl/α,β-unsaturated/α-hetero) is 1. The van der Waals surface area contributed by atoms with Gasteiger partial charge in [-0.05, 0) is 38.8 Å². The zero-order chi connectivity index (χ0) is 19.0. The number of thioether (sulfide) groups is 1. The van der Waals surface area contributed by atoms with Gasteiger partial charge in [0.25, 0.3) is 0 Å². The zero-order valence-electron chi connectivity index (χ0n) is 15.4. The quantitative estimate of drug-likeness (QED) is 0.748. The van der Waals surface area contributed by atoms with E-state index in [-0.39, 0.29) is 5.78 Å². The van der Waals surface area contributed by atoms with Crippen LogP contribution in [0.3, 0.4) is 0 Å². The summed E-state index contributed by atoms with van der Waals surface area (Å²) in [5.74, 6) is 0.957. The van der Waals surface area contributed by atoms with Crippen LogP contribution in [0.2, 0.25) is 0 Å². The third-order valence-electron chi connectivity index (χ3n) is 3.46. The predicted molar refractivity (Wildman–Crippen MR) is 103 cm³/mol. The second kappa shape index (κ2) is 9.48. The van der Waals surface area contributed by atoms with Crippen LogP contribution in [0.5, 0.6) is 0 Å². The van der Waals surface area contributed by atoms with Gasteiger partial charge in [0.1, 0.15) is 5.60 Å². The molecule has 26 heavy (non-hydrogen) atoms. The number of hydrogen-bond donors (Lipinski definition) is 1. The minimum atomic E-state index is -0.621. The highest BCUT2D eigenvalue weighted by Gasteiger charge is 2.24. The van der Waals surface area contributed by atoms with E-state index in [2.05, 4.69) is 5.32 Å². The molecule has 0 aliphatic carbocycles. The Balaban J connectivity index is 1.96. The van der Waals surface area contributed by atoms with Gasteiger partial charge in [-0.15, -0.1) is 11.8 Å². The van der Waals surface area contributed by atoms with Crippen molar-refractivity contribution in [2.75, 3.05) is 5.75 Å². The minimum absolute atomic E-state index is 0.0341. The predicted octanol–water partition coefficient (Wildman–Crippen LogP) is 4.22. The maximum atomic E-state index is 12.7. The van der Waals surface area contributed by atoms with E-state index in [4.69, 9.17) is 9.15 Å². The normalized spacial score (nSPS) is 12.4. The Morgan fingerprint density at radius 1 is 1.15 bits per heavy atom. The van der Waals surface area contributed by atoms with Crippen molar-refractivity contribution in [3.63, 3.8) is 0 Å². The number of carbonyl (C=O) groups excluding carboxylic acids is 2. The van der Waals surface area contributed by atoms with E-state index in [0.717, 1.165) is 11.1 Å². The summed E-state index contributed by atoms with van der Waals surface area (Å²) < 4.78 is 10.3. The molecule has 2 rings (SSSR count). The van der Waals surface area contributed by atoms with Gasteiger partial charge in [-0.2, -0.15) is 0 Å². The number of carbonyl (C=O) groups is 2. The van der Waals surface area contributed by atoms with Crippen LogP contribution in [0.4, 0.5) is 4.79 Å². The number of alkyl carbamates (subject to hydrolysis) is 1. The van der Waals surface area contributed by atoms with Crippen LogP contribution >= 0.6 is 11.8 Å². The van der Waals surface area contributed by atoms with Crippen LogP contribution in [0.15, 0.2) is 53.3 Å². The van der Waals surface area contributed by atoms with Gasteiger partial charge in [0.05, 0.1) is 24.3 Å². The van der Waals surface area contributed by atoms with Gasteiger partial charge in [-0.3, -0.25) is 4.79 Å². The number of ether oxygens (including phenoxy) is 1. The van der Waals surface area contributed by atoms with Crippen LogP contribution < -0.4 is 5.32 Å². The van der Waals surface area contributed by atoms with E-state index in [9.17, 15) is 9.59 Å². The fourth-order valence-corrected chi connectivity index (χ4v) is 3.19. The third-order valence-corrected chi connectivity index (χ3v) is 4.48.